The molecule has 0 radical (unpaired) electrons. The van der Waals surface area contributed by atoms with Gasteiger partial charge in [-0.1, -0.05) is 48.5 Å². The Hall–Kier alpha value is -2.59. The number of anilines is 1. The van der Waals surface area contributed by atoms with Crippen LogP contribution in [-0.2, 0) is 0 Å². The number of aryl methyl sites for hydroxylation is 1. The molecule has 0 aliphatic carbocycles. The summed E-state index contributed by atoms with van der Waals surface area (Å²) >= 11 is 1.52. The Morgan fingerprint density at radius 1 is 1.03 bits per heavy atom. The predicted octanol–water partition coefficient (Wildman–Crippen LogP) is 5.83. The van der Waals surface area contributed by atoms with E-state index in [-0.39, 0.29) is 11.9 Å². The molecule has 2 aromatic carbocycles. The number of nitrogens with zero attached hydrogens (tertiary/aromatic N) is 1. The maximum absolute atomic E-state index is 12.9. The minimum absolute atomic E-state index is 0.0491. The van der Waals surface area contributed by atoms with Gasteiger partial charge in [-0.2, -0.15) is 0 Å². The molecule has 29 heavy (non-hydrogen) atoms. The number of hydrogen-bond acceptors (Lipinski definition) is 3. The molecule has 3 nitrogen and oxygen atoms in total. The van der Waals surface area contributed by atoms with E-state index in [1.807, 2.05) is 24.4 Å². The quantitative estimate of drug-likeness (QED) is 0.560. The lowest BCUT2D eigenvalue weighted by Crippen LogP contribution is -2.36. The van der Waals surface area contributed by atoms with Gasteiger partial charge in [-0.15, -0.1) is 11.3 Å². The van der Waals surface area contributed by atoms with Gasteiger partial charge >= 0.3 is 0 Å². The minimum atomic E-state index is 0.0491. The minimum Gasteiger partial charge on any atom is -0.372 e. The van der Waals surface area contributed by atoms with Crippen molar-refractivity contribution in [3.8, 4) is 0 Å². The summed E-state index contributed by atoms with van der Waals surface area (Å²) in [5.41, 5.74) is 3.56. The van der Waals surface area contributed by atoms with Crippen molar-refractivity contribution < 1.29 is 4.79 Å². The van der Waals surface area contributed by atoms with Crippen LogP contribution in [0.3, 0.4) is 0 Å². The summed E-state index contributed by atoms with van der Waals surface area (Å²) in [4.78, 5) is 16.2. The lowest BCUT2D eigenvalue weighted by atomic mass is 9.87. The van der Waals surface area contributed by atoms with Crippen molar-refractivity contribution in [3.63, 3.8) is 0 Å². The zero-order valence-corrected chi connectivity index (χ0v) is 17.7. The van der Waals surface area contributed by atoms with Gasteiger partial charge in [0.2, 0.25) is 0 Å². The van der Waals surface area contributed by atoms with Crippen molar-refractivity contribution in [3.05, 3.63) is 88.1 Å². The summed E-state index contributed by atoms with van der Waals surface area (Å²) in [6, 6.07) is 23.1. The lowest BCUT2D eigenvalue weighted by Gasteiger charge is -2.35. The van der Waals surface area contributed by atoms with E-state index in [9.17, 15) is 4.79 Å². The second-order valence-electron chi connectivity index (χ2n) is 7.87. The molecule has 1 N–H and O–H groups in total. The van der Waals surface area contributed by atoms with Crippen molar-refractivity contribution in [2.45, 2.75) is 32.2 Å². The molecule has 2 heterocycles. The third-order valence-electron chi connectivity index (χ3n) is 5.88. The van der Waals surface area contributed by atoms with Gasteiger partial charge in [0.05, 0.1) is 10.9 Å². The fourth-order valence-corrected chi connectivity index (χ4v) is 5.02. The smallest absolute Gasteiger partial charge is 0.262 e. The first-order valence-corrected chi connectivity index (χ1v) is 11.3. The molecule has 1 aliphatic heterocycles. The fraction of sp³-hybridized carbons (Fsp3) is 0.320. The predicted molar refractivity (Wildman–Crippen MR) is 122 cm³/mol. The Morgan fingerprint density at radius 3 is 2.31 bits per heavy atom. The van der Waals surface area contributed by atoms with Crippen LogP contribution in [0.5, 0.6) is 0 Å². The van der Waals surface area contributed by atoms with Gasteiger partial charge in [0, 0.05) is 18.8 Å². The first kappa shape index (κ1) is 19.7. The summed E-state index contributed by atoms with van der Waals surface area (Å²) in [5, 5.41) is 5.31. The van der Waals surface area contributed by atoms with E-state index in [1.165, 1.54) is 22.6 Å². The molecule has 1 amide bonds. The number of amides is 1. The highest BCUT2D eigenvalue weighted by atomic mass is 32.1. The number of thiophene rings is 1. The van der Waals surface area contributed by atoms with Crippen molar-refractivity contribution in [1.29, 1.82) is 0 Å². The van der Waals surface area contributed by atoms with E-state index in [1.54, 1.807) is 0 Å². The molecule has 1 saturated heterocycles. The molecule has 0 bridgehead atoms. The Morgan fingerprint density at radius 2 is 1.69 bits per heavy atom. The summed E-state index contributed by atoms with van der Waals surface area (Å²) in [6.07, 6.45) is 3.31. The largest absolute Gasteiger partial charge is 0.372 e. The maximum atomic E-state index is 12.9. The van der Waals surface area contributed by atoms with Crippen LogP contribution in [0.25, 0.3) is 0 Å². The molecule has 150 valence electrons. The van der Waals surface area contributed by atoms with Crippen LogP contribution in [0.15, 0.2) is 72.1 Å². The van der Waals surface area contributed by atoms with Gasteiger partial charge in [0.15, 0.2) is 0 Å². The third kappa shape index (κ3) is 4.88. The SMILES string of the molecule is Cc1ccsc1C(=O)NC(CC1CCN(c2ccccc2)CC1)c1ccccc1. The van der Waals surface area contributed by atoms with E-state index in [0.717, 1.165) is 42.8 Å². The highest BCUT2D eigenvalue weighted by Crippen LogP contribution is 2.31. The topological polar surface area (TPSA) is 32.3 Å². The standard InChI is InChI=1S/C25H28N2OS/c1-19-14-17-29-24(19)25(28)26-23(21-8-4-2-5-9-21)18-20-12-15-27(16-13-20)22-10-6-3-7-11-22/h2-11,14,17,20,23H,12-13,15-16,18H2,1H3,(H,26,28). The van der Waals surface area contributed by atoms with Crippen LogP contribution in [-0.4, -0.2) is 19.0 Å². The Kier molecular flexibility index (Phi) is 6.30. The first-order valence-electron chi connectivity index (χ1n) is 10.4. The molecule has 1 fully saturated rings. The average Bonchev–Trinajstić information content (AvgIpc) is 3.21. The van der Waals surface area contributed by atoms with E-state index < -0.39 is 0 Å². The van der Waals surface area contributed by atoms with E-state index in [2.05, 4.69) is 64.8 Å². The number of rotatable bonds is 6. The number of hydrogen-bond donors (Lipinski definition) is 1. The van der Waals surface area contributed by atoms with Crippen LogP contribution in [0.1, 0.15) is 46.1 Å². The average molecular weight is 405 g/mol. The second-order valence-corrected chi connectivity index (χ2v) is 8.79. The molecule has 0 saturated carbocycles. The number of carbonyl (C=O) groups is 1. The zero-order valence-electron chi connectivity index (χ0n) is 16.9. The van der Waals surface area contributed by atoms with Gasteiger partial charge in [-0.05, 0) is 66.8 Å². The summed E-state index contributed by atoms with van der Waals surface area (Å²) in [6.45, 7) is 4.16. The Bertz CT molecular complexity index is 914. The lowest BCUT2D eigenvalue weighted by molar-refractivity contribution is 0.0933. The van der Waals surface area contributed by atoms with Crippen LogP contribution >= 0.6 is 11.3 Å². The normalized spacial score (nSPS) is 15.8. The number of carbonyl (C=O) groups excluding carboxylic acids is 1. The summed E-state index contributed by atoms with van der Waals surface area (Å²) in [7, 11) is 0. The van der Waals surface area contributed by atoms with Crippen LogP contribution < -0.4 is 10.2 Å². The highest BCUT2D eigenvalue weighted by molar-refractivity contribution is 7.12. The molecule has 1 unspecified atom stereocenters. The molecule has 1 aliphatic rings. The molecule has 1 aromatic heterocycles. The van der Waals surface area contributed by atoms with Crippen LogP contribution in [0.2, 0.25) is 0 Å². The monoisotopic (exact) mass is 404 g/mol. The van der Waals surface area contributed by atoms with E-state index in [0.29, 0.717) is 5.92 Å². The van der Waals surface area contributed by atoms with Crippen molar-refractivity contribution in [2.24, 2.45) is 5.92 Å². The van der Waals surface area contributed by atoms with Gasteiger partial charge < -0.3 is 10.2 Å². The van der Waals surface area contributed by atoms with Gasteiger partial charge in [-0.25, -0.2) is 0 Å². The molecule has 4 heteroatoms. The van der Waals surface area contributed by atoms with E-state index >= 15 is 0 Å². The van der Waals surface area contributed by atoms with Crippen molar-refractivity contribution in [2.75, 3.05) is 18.0 Å². The number of nitrogens with one attached hydrogen (secondary N) is 1. The van der Waals surface area contributed by atoms with Crippen molar-refractivity contribution >= 4 is 22.9 Å². The van der Waals surface area contributed by atoms with Gasteiger partial charge in [0.1, 0.15) is 0 Å². The number of piperidine rings is 1. The second kappa shape index (κ2) is 9.27. The Labute approximate surface area is 177 Å². The van der Waals surface area contributed by atoms with Gasteiger partial charge in [0.25, 0.3) is 5.91 Å². The highest BCUT2D eigenvalue weighted by Gasteiger charge is 2.25. The number of benzene rings is 2. The van der Waals surface area contributed by atoms with Gasteiger partial charge in [-0.3, -0.25) is 4.79 Å². The Balaban J connectivity index is 1.42. The summed E-state index contributed by atoms with van der Waals surface area (Å²) < 4.78 is 0. The summed E-state index contributed by atoms with van der Waals surface area (Å²) in [5.74, 6) is 0.665. The molecule has 0 spiro atoms. The number of para-hydroxylation sites is 1. The van der Waals surface area contributed by atoms with E-state index in [4.69, 9.17) is 0 Å². The molecular formula is C25H28N2OS. The fourth-order valence-electron chi connectivity index (χ4n) is 4.19. The third-order valence-corrected chi connectivity index (χ3v) is 6.90. The van der Waals surface area contributed by atoms with Crippen LogP contribution in [0, 0.1) is 12.8 Å². The first-order chi connectivity index (χ1) is 14.2. The maximum Gasteiger partial charge on any atom is 0.262 e. The molecule has 3 aromatic rings. The molecular weight excluding hydrogens is 376 g/mol. The molecule has 1 atom stereocenters. The zero-order chi connectivity index (χ0) is 20.1. The van der Waals surface area contributed by atoms with Crippen molar-refractivity contribution in [1.82, 2.24) is 5.32 Å². The molecule has 4 rings (SSSR count). The van der Waals surface area contributed by atoms with Crippen LogP contribution in [0.4, 0.5) is 5.69 Å².